The number of nitrogens with one attached hydrogen (secondary N) is 1. The topological polar surface area (TPSA) is 92.3 Å². The second-order valence-electron chi connectivity index (χ2n) is 7.58. The molecule has 1 aliphatic rings. The summed E-state index contributed by atoms with van der Waals surface area (Å²) in [6.07, 6.45) is 3.19. The number of aryl methyl sites for hydroxylation is 1. The van der Waals surface area contributed by atoms with Crippen molar-refractivity contribution in [3.05, 3.63) is 69.9 Å². The van der Waals surface area contributed by atoms with Gasteiger partial charge in [0.05, 0.1) is 10.9 Å². The molecule has 1 aliphatic heterocycles. The van der Waals surface area contributed by atoms with Gasteiger partial charge in [0, 0.05) is 12.2 Å². The van der Waals surface area contributed by atoms with Gasteiger partial charge in [0.25, 0.3) is 5.91 Å². The number of amides is 1. The number of benzene rings is 2. The van der Waals surface area contributed by atoms with Crippen LogP contribution in [0, 0.1) is 5.82 Å². The highest BCUT2D eigenvalue weighted by Crippen LogP contribution is 2.37. The van der Waals surface area contributed by atoms with Gasteiger partial charge in [-0.3, -0.25) is 4.79 Å². The maximum atomic E-state index is 13.3. The Hall–Kier alpha value is -2.69. The smallest absolute Gasteiger partial charge is 0.286 e. The molecule has 3 aromatic rings. The number of carbonyl (C=O) groups is 1. The SMILES string of the molecule is CCCc1ccc(S(=O)(=O)N2CCC[C@H]2c2nnc(C(=O)Nc3cccc(F)c3)s2)cc1. The zero-order valence-electron chi connectivity index (χ0n) is 17.5. The summed E-state index contributed by atoms with van der Waals surface area (Å²) in [5.74, 6) is -0.978. The van der Waals surface area contributed by atoms with Crippen LogP contribution < -0.4 is 5.32 Å². The van der Waals surface area contributed by atoms with Gasteiger partial charge in [0.15, 0.2) is 0 Å². The van der Waals surface area contributed by atoms with Gasteiger partial charge in [-0.15, -0.1) is 10.2 Å². The molecule has 0 radical (unpaired) electrons. The molecule has 4 rings (SSSR count). The zero-order valence-corrected chi connectivity index (χ0v) is 19.1. The number of carbonyl (C=O) groups excluding carboxylic acids is 1. The third kappa shape index (κ3) is 4.72. The first-order valence-electron chi connectivity index (χ1n) is 10.4. The lowest BCUT2D eigenvalue weighted by Crippen LogP contribution is -2.30. The van der Waals surface area contributed by atoms with Gasteiger partial charge in [0.2, 0.25) is 15.0 Å². The third-order valence-electron chi connectivity index (χ3n) is 5.27. The number of hydrogen-bond acceptors (Lipinski definition) is 6. The van der Waals surface area contributed by atoms with E-state index in [2.05, 4.69) is 22.4 Å². The first-order valence-corrected chi connectivity index (χ1v) is 12.6. The predicted molar refractivity (Wildman–Crippen MR) is 121 cm³/mol. The van der Waals surface area contributed by atoms with E-state index in [4.69, 9.17) is 0 Å². The molecule has 0 bridgehead atoms. The van der Waals surface area contributed by atoms with Crippen molar-refractivity contribution in [2.75, 3.05) is 11.9 Å². The lowest BCUT2D eigenvalue weighted by Gasteiger charge is -2.22. The maximum absolute atomic E-state index is 13.3. The second-order valence-corrected chi connectivity index (χ2v) is 10.5. The summed E-state index contributed by atoms with van der Waals surface area (Å²) in [7, 11) is -3.70. The van der Waals surface area contributed by atoms with Crippen molar-refractivity contribution in [3.63, 3.8) is 0 Å². The summed E-state index contributed by atoms with van der Waals surface area (Å²) in [6, 6.07) is 12.1. The number of nitrogens with zero attached hydrogens (tertiary/aromatic N) is 3. The van der Waals surface area contributed by atoms with Gasteiger partial charge >= 0.3 is 0 Å². The van der Waals surface area contributed by atoms with E-state index in [1.807, 2.05) is 12.1 Å². The summed E-state index contributed by atoms with van der Waals surface area (Å²) in [5, 5.41) is 11.2. The van der Waals surface area contributed by atoms with Gasteiger partial charge in [0.1, 0.15) is 10.8 Å². The Morgan fingerprint density at radius 1 is 1.22 bits per heavy atom. The average Bonchev–Trinajstić information content (AvgIpc) is 3.44. The lowest BCUT2D eigenvalue weighted by molar-refractivity contribution is 0.102. The quantitative estimate of drug-likeness (QED) is 0.548. The summed E-state index contributed by atoms with van der Waals surface area (Å²) >= 11 is 1.05. The fourth-order valence-electron chi connectivity index (χ4n) is 3.74. The molecule has 1 aromatic heterocycles. The number of anilines is 1. The molecule has 32 heavy (non-hydrogen) atoms. The number of hydrogen-bond donors (Lipinski definition) is 1. The van der Waals surface area contributed by atoms with Crippen LogP contribution in [0.4, 0.5) is 10.1 Å². The van der Waals surface area contributed by atoms with E-state index in [1.165, 1.54) is 22.5 Å². The minimum absolute atomic E-state index is 0.0948. The van der Waals surface area contributed by atoms with Crippen LogP contribution in [-0.2, 0) is 16.4 Å². The Morgan fingerprint density at radius 2 is 2.00 bits per heavy atom. The van der Waals surface area contributed by atoms with Gasteiger partial charge < -0.3 is 5.32 Å². The van der Waals surface area contributed by atoms with Crippen molar-refractivity contribution >= 4 is 33.0 Å². The monoisotopic (exact) mass is 474 g/mol. The predicted octanol–water partition coefficient (Wildman–Crippen LogP) is 4.41. The Balaban J connectivity index is 1.52. The number of rotatable bonds is 7. The van der Waals surface area contributed by atoms with E-state index in [9.17, 15) is 17.6 Å². The molecule has 7 nitrogen and oxygen atoms in total. The molecule has 1 atom stereocenters. The van der Waals surface area contributed by atoms with E-state index >= 15 is 0 Å². The zero-order chi connectivity index (χ0) is 22.7. The maximum Gasteiger partial charge on any atom is 0.286 e. The highest BCUT2D eigenvalue weighted by Gasteiger charge is 2.38. The fraction of sp³-hybridized carbons (Fsp3) is 0.318. The van der Waals surface area contributed by atoms with Crippen molar-refractivity contribution < 1.29 is 17.6 Å². The molecule has 0 saturated carbocycles. The van der Waals surface area contributed by atoms with E-state index in [-0.39, 0.29) is 9.90 Å². The summed E-state index contributed by atoms with van der Waals surface area (Å²) < 4.78 is 41.3. The molecule has 168 valence electrons. The summed E-state index contributed by atoms with van der Waals surface area (Å²) in [4.78, 5) is 12.7. The number of halogens is 1. The van der Waals surface area contributed by atoms with Crippen LogP contribution in [0.25, 0.3) is 0 Å². The first-order chi connectivity index (χ1) is 15.4. The van der Waals surface area contributed by atoms with E-state index in [0.717, 1.165) is 29.7 Å². The minimum Gasteiger partial charge on any atom is -0.320 e. The van der Waals surface area contributed by atoms with Crippen LogP contribution >= 0.6 is 11.3 Å². The van der Waals surface area contributed by atoms with E-state index in [0.29, 0.717) is 30.1 Å². The number of aromatic nitrogens is 2. The molecule has 0 aliphatic carbocycles. The van der Waals surface area contributed by atoms with Gasteiger partial charge in [-0.25, -0.2) is 12.8 Å². The van der Waals surface area contributed by atoms with Crippen molar-refractivity contribution in [1.29, 1.82) is 0 Å². The molecular formula is C22H23FN4O3S2. The van der Waals surface area contributed by atoms with Gasteiger partial charge in [-0.1, -0.05) is 42.9 Å². The fourth-order valence-corrected chi connectivity index (χ4v) is 6.35. The van der Waals surface area contributed by atoms with Gasteiger partial charge in [-0.05, 0) is 55.2 Å². The molecule has 1 fully saturated rings. The second kappa shape index (κ2) is 9.43. The van der Waals surface area contributed by atoms with E-state index in [1.54, 1.807) is 18.2 Å². The van der Waals surface area contributed by atoms with Crippen molar-refractivity contribution in [2.24, 2.45) is 0 Å². The highest BCUT2D eigenvalue weighted by molar-refractivity contribution is 7.89. The molecule has 0 unspecified atom stereocenters. The third-order valence-corrected chi connectivity index (χ3v) is 8.22. The number of sulfonamides is 1. The van der Waals surface area contributed by atoms with Gasteiger partial charge in [-0.2, -0.15) is 4.31 Å². The van der Waals surface area contributed by atoms with Crippen molar-refractivity contribution in [2.45, 2.75) is 43.5 Å². The first kappa shape index (κ1) is 22.5. The molecule has 10 heteroatoms. The molecule has 2 aromatic carbocycles. The Bertz CT molecular complexity index is 1210. The lowest BCUT2D eigenvalue weighted by atomic mass is 10.1. The molecule has 1 saturated heterocycles. The normalized spacial score (nSPS) is 16.9. The molecule has 0 spiro atoms. The van der Waals surface area contributed by atoms with E-state index < -0.39 is 27.8 Å². The van der Waals surface area contributed by atoms with Crippen LogP contribution in [0.1, 0.15) is 52.6 Å². The van der Waals surface area contributed by atoms with Crippen molar-refractivity contribution in [1.82, 2.24) is 14.5 Å². The summed E-state index contributed by atoms with van der Waals surface area (Å²) in [6.45, 7) is 2.46. The van der Waals surface area contributed by atoms with Crippen LogP contribution in [0.5, 0.6) is 0 Å². The largest absolute Gasteiger partial charge is 0.320 e. The van der Waals surface area contributed by atoms with Crippen molar-refractivity contribution in [3.8, 4) is 0 Å². The average molecular weight is 475 g/mol. The Labute approximate surface area is 190 Å². The molecule has 1 amide bonds. The highest BCUT2D eigenvalue weighted by atomic mass is 32.2. The Morgan fingerprint density at radius 3 is 2.72 bits per heavy atom. The standard InChI is InChI=1S/C22H23FN4O3S2/c1-2-5-15-9-11-18(12-10-15)32(29,30)27-13-4-8-19(27)21-25-26-22(31-21)20(28)24-17-7-3-6-16(23)14-17/h3,6-7,9-12,14,19H,2,4-5,8,13H2,1H3,(H,24,28)/t19-/m0/s1. The minimum atomic E-state index is -3.70. The van der Waals surface area contributed by atoms with Crippen LogP contribution in [-0.4, -0.2) is 35.4 Å². The molecule has 2 heterocycles. The summed E-state index contributed by atoms with van der Waals surface area (Å²) in [5.41, 5.74) is 1.41. The van der Waals surface area contributed by atoms with Crippen LogP contribution in [0.15, 0.2) is 53.4 Å². The Kier molecular flexibility index (Phi) is 6.63. The molecular weight excluding hydrogens is 451 g/mol. The molecule has 1 N–H and O–H groups in total. The van der Waals surface area contributed by atoms with Crippen LogP contribution in [0.3, 0.4) is 0 Å². The van der Waals surface area contributed by atoms with Crippen LogP contribution in [0.2, 0.25) is 0 Å².